The molecule has 124 valence electrons. The second kappa shape index (κ2) is 7.13. The molecule has 0 aromatic rings. The largest absolute Gasteiger partial charge is 0.516 e. The van der Waals surface area contributed by atoms with Crippen molar-refractivity contribution in [1.82, 2.24) is 0 Å². The van der Waals surface area contributed by atoms with E-state index in [1.807, 2.05) is 20.8 Å². The third kappa shape index (κ3) is 5.28. The van der Waals surface area contributed by atoms with Crippen LogP contribution in [-0.2, 0) is 4.74 Å². The molecule has 21 heavy (non-hydrogen) atoms. The maximum atomic E-state index is 12.7. The van der Waals surface area contributed by atoms with Crippen LogP contribution in [0.25, 0.3) is 0 Å². The van der Waals surface area contributed by atoms with Crippen molar-refractivity contribution in [1.29, 1.82) is 0 Å². The Balaban J connectivity index is 2.83. The molecule has 1 aliphatic rings. The second-order valence-corrected chi connectivity index (χ2v) is 8.35. The number of carbonyl (C=O) groups is 1. The molecule has 0 N–H and O–H groups in total. The minimum absolute atomic E-state index is 0.0590. The lowest BCUT2D eigenvalue weighted by atomic mass is 9.86. The van der Waals surface area contributed by atoms with Crippen molar-refractivity contribution in [3.8, 4) is 0 Å². The molecule has 0 aromatic heterocycles. The van der Waals surface area contributed by atoms with E-state index in [-0.39, 0.29) is 6.09 Å². The first-order chi connectivity index (χ1) is 9.56. The van der Waals surface area contributed by atoms with E-state index >= 15 is 0 Å². The van der Waals surface area contributed by atoms with Crippen LogP contribution in [0.15, 0.2) is 0 Å². The van der Waals surface area contributed by atoms with Gasteiger partial charge in [0.2, 0.25) is 0 Å². The van der Waals surface area contributed by atoms with Gasteiger partial charge in [0.1, 0.15) is 5.60 Å². The van der Waals surface area contributed by atoms with Gasteiger partial charge in [-0.15, -0.1) is 0 Å². The number of nitrogens with zero attached hydrogens (tertiary/aromatic N) is 1. The molecule has 1 fully saturated rings. The van der Waals surface area contributed by atoms with Crippen molar-refractivity contribution < 1.29 is 14.0 Å². The zero-order chi connectivity index (χ0) is 16.3. The molecule has 0 saturated carbocycles. The number of amides is 1. The van der Waals surface area contributed by atoms with Crippen molar-refractivity contribution in [3.63, 3.8) is 0 Å². The first kappa shape index (κ1) is 18.5. The van der Waals surface area contributed by atoms with E-state index < -0.39 is 5.60 Å². The van der Waals surface area contributed by atoms with Crippen LogP contribution in [0.5, 0.6) is 0 Å². The van der Waals surface area contributed by atoms with Crippen molar-refractivity contribution in [2.45, 2.75) is 85.3 Å². The summed E-state index contributed by atoms with van der Waals surface area (Å²) >= 11 is 0. The minimum Gasteiger partial charge on any atom is -0.414 e. The molecule has 1 rings (SSSR count). The van der Waals surface area contributed by atoms with Crippen LogP contribution in [0.1, 0.15) is 73.6 Å². The van der Waals surface area contributed by atoms with E-state index in [9.17, 15) is 4.79 Å². The third-order valence-corrected chi connectivity index (χ3v) is 5.32. The normalized spacial score (nSPS) is 36.0. The molecule has 0 bridgehead atoms. The fourth-order valence-corrected chi connectivity index (χ4v) is 3.19. The quantitative estimate of drug-likeness (QED) is 0.589. The van der Waals surface area contributed by atoms with Crippen LogP contribution >= 0.6 is 0 Å². The highest BCUT2D eigenvalue weighted by molar-refractivity contribution is 5.60. The maximum absolute atomic E-state index is 12.7. The SMILES string of the molecule is CC1CCCC(C)[N+](C)(C(=O)OC(C)(C)C)CCCC1C. The Morgan fingerprint density at radius 1 is 1.00 bits per heavy atom. The molecule has 0 aliphatic carbocycles. The van der Waals surface area contributed by atoms with Crippen LogP contribution in [-0.4, -0.2) is 35.8 Å². The highest BCUT2D eigenvalue weighted by Gasteiger charge is 2.41. The van der Waals surface area contributed by atoms with Gasteiger partial charge in [-0.3, -0.25) is 0 Å². The molecule has 0 aromatic carbocycles. The van der Waals surface area contributed by atoms with Gasteiger partial charge in [0.05, 0.1) is 19.6 Å². The van der Waals surface area contributed by atoms with Gasteiger partial charge in [-0.1, -0.05) is 20.3 Å². The highest BCUT2D eigenvalue weighted by Crippen LogP contribution is 2.29. The van der Waals surface area contributed by atoms with Crippen molar-refractivity contribution in [2.75, 3.05) is 13.6 Å². The lowest BCUT2D eigenvalue weighted by molar-refractivity contribution is -0.863. The summed E-state index contributed by atoms with van der Waals surface area (Å²) in [5, 5.41) is 0. The number of carbonyl (C=O) groups excluding carboxylic acids is 1. The average Bonchev–Trinajstić information content (AvgIpc) is 2.34. The van der Waals surface area contributed by atoms with Crippen LogP contribution in [0.3, 0.4) is 0 Å². The van der Waals surface area contributed by atoms with E-state index in [0.717, 1.165) is 31.2 Å². The summed E-state index contributed by atoms with van der Waals surface area (Å²) < 4.78 is 6.13. The zero-order valence-electron chi connectivity index (χ0n) is 15.2. The van der Waals surface area contributed by atoms with Gasteiger partial charge in [-0.25, -0.2) is 4.48 Å². The topological polar surface area (TPSA) is 26.3 Å². The Labute approximate surface area is 131 Å². The average molecular weight is 298 g/mol. The molecule has 1 amide bonds. The monoisotopic (exact) mass is 298 g/mol. The summed E-state index contributed by atoms with van der Waals surface area (Å²) in [6.45, 7) is 13.7. The summed E-state index contributed by atoms with van der Waals surface area (Å²) in [5.74, 6) is 1.56. The highest BCUT2D eigenvalue weighted by atomic mass is 16.6. The van der Waals surface area contributed by atoms with E-state index in [0.29, 0.717) is 10.5 Å². The van der Waals surface area contributed by atoms with Gasteiger partial charge in [-0.05, 0) is 65.2 Å². The molecule has 1 aliphatic heterocycles. The predicted molar refractivity (Wildman–Crippen MR) is 88.2 cm³/mol. The number of hydrogen-bond donors (Lipinski definition) is 0. The molecule has 0 spiro atoms. The van der Waals surface area contributed by atoms with Crippen LogP contribution in [0.2, 0.25) is 0 Å². The molecule has 1 saturated heterocycles. The molecule has 1 heterocycles. The molecule has 0 radical (unpaired) electrons. The lowest BCUT2D eigenvalue weighted by Crippen LogP contribution is -2.57. The standard InChI is InChI=1S/C18H36NO2/c1-14-10-8-12-16(3)19(7,13-9-11-15(14)2)17(20)21-18(4,5)6/h14-16H,8-13H2,1-7H3/q+1. The first-order valence-corrected chi connectivity index (χ1v) is 8.65. The molecular formula is C18H36NO2+. The van der Waals surface area contributed by atoms with E-state index in [1.165, 1.54) is 19.3 Å². The summed E-state index contributed by atoms with van der Waals surface area (Å²) in [6, 6.07) is 0.334. The van der Waals surface area contributed by atoms with Crippen molar-refractivity contribution >= 4 is 6.09 Å². The Morgan fingerprint density at radius 3 is 2.05 bits per heavy atom. The summed E-state index contributed by atoms with van der Waals surface area (Å²) in [7, 11) is 2.06. The lowest BCUT2D eigenvalue weighted by Gasteiger charge is -2.39. The number of hydrogen-bond acceptors (Lipinski definition) is 2. The Kier molecular flexibility index (Phi) is 6.27. The number of quaternary nitrogens is 1. The number of ether oxygens (including phenoxy) is 1. The fraction of sp³-hybridized carbons (Fsp3) is 0.944. The zero-order valence-corrected chi connectivity index (χ0v) is 15.2. The second-order valence-electron chi connectivity index (χ2n) is 8.35. The molecular weight excluding hydrogens is 262 g/mol. The fourth-order valence-electron chi connectivity index (χ4n) is 3.19. The van der Waals surface area contributed by atoms with Gasteiger partial charge in [-0.2, -0.15) is 4.79 Å². The van der Waals surface area contributed by atoms with Crippen LogP contribution in [0, 0.1) is 11.8 Å². The molecule has 3 heteroatoms. The van der Waals surface area contributed by atoms with Gasteiger partial charge in [0, 0.05) is 0 Å². The predicted octanol–water partition coefficient (Wildman–Crippen LogP) is 4.99. The smallest absolute Gasteiger partial charge is 0.414 e. The summed E-state index contributed by atoms with van der Waals surface area (Å²) in [6.07, 6.45) is 5.85. The summed E-state index contributed by atoms with van der Waals surface area (Å²) in [5.41, 5.74) is -0.408. The molecule has 3 nitrogen and oxygen atoms in total. The minimum atomic E-state index is -0.408. The van der Waals surface area contributed by atoms with Gasteiger partial charge in [0.15, 0.2) is 0 Å². The van der Waals surface area contributed by atoms with E-state index in [1.54, 1.807) is 0 Å². The van der Waals surface area contributed by atoms with Gasteiger partial charge < -0.3 is 4.74 Å². The first-order valence-electron chi connectivity index (χ1n) is 8.65. The van der Waals surface area contributed by atoms with Gasteiger partial charge >= 0.3 is 6.09 Å². The van der Waals surface area contributed by atoms with Crippen LogP contribution in [0.4, 0.5) is 4.79 Å². The van der Waals surface area contributed by atoms with Crippen molar-refractivity contribution in [2.24, 2.45) is 11.8 Å². The van der Waals surface area contributed by atoms with Gasteiger partial charge in [0.25, 0.3) is 0 Å². The van der Waals surface area contributed by atoms with E-state index in [2.05, 4.69) is 27.8 Å². The Morgan fingerprint density at radius 2 is 1.52 bits per heavy atom. The maximum Gasteiger partial charge on any atom is 0.516 e. The van der Waals surface area contributed by atoms with Crippen LogP contribution < -0.4 is 0 Å². The van der Waals surface area contributed by atoms with E-state index in [4.69, 9.17) is 4.74 Å². The Hall–Kier alpha value is -0.570. The third-order valence-electron chi connectivity index (χ3n) is 5.32. The van der Waals surface area contributed by atoms with Crippen molar-refractivity contribution in [3.05, 3.63) is 0 Å². The number of rotatable bonds is 0. The molecule has 4 unspecified atom stereocenters. The molecule has 4 atom stereocenters. The Bertz CT molecular complexity index is 348. The summed E-state index contributed by atoms with van der Waals surface area (Å²) in [4.78, 5) is 12.7.